The van der Waals surface area contributed by atoms with Gasteiger partial charge in [0.05, 0.1) is 7.11 Å². The van der Waals surface area contributed by atoms with Gasteiger partial charge in [0.2, 0.25) is 0 Å². The Morgan fingerprint density at radius 1 is 1.08 bits per heavy atom. The number of hydrogen-bond acceptors (Lipinski definition) is 4. The summed E-state index contributed by atoms with van der Waals surface area (Å²) in [7, 11) is 1.60. The van der Waals surface area contributed by atoms with Gasteiger partial charge in [0.1, 0.15) is 5.75 Å². The van der Waals surface area contributed by atoms with Crippen molar-refractivity contribution in [3.63, 3.8) is 0 Å². The molecule has 5 nitrogen and oxygen atoms in total. The van der Waals surface area contributed by atoms with Crippen LogP contribution in [-0.2, 0) is 0 Å². The Kier molecular flexibility index (Phi) is 4.89. The van der Waals surface area contributed by atoms with Gasteiger partial charge in [-0.2, -0.15) is 0 Å². The fraction of sp³-hybridized carbons (Fsp3) is 0.316. The Bertz CT molecular complexity index is 713. The molecule has 24 heavy (non-hydrogen) atoms. The Balaban J connectivity index is 1.70. The van der Waals surface area contributed by atoms with Gasteiger partial charge in [-0.1, -0.05) is 0 Å². The van der Waals surface area contributed by atoms with Gasteiger partial charge in [0, 0.05) is 42.5 Å². The quantitative estimate of drug-likeness (QED) is 0.812. The van der Waals surface area contributed by atoms with Crippen LogP contribution in [0.25, 0.3) is 0 Å². The van der Waals surface area contributed by atoms with Gasteiger partial charge >= 0.3 is 0 Å². The van der Waals surface area contributed by atoms with Crippen molar-refractivity contribution >= 4 is 11.7 Å². The maximum absolute atomic E-state index is 12.7. The molecule has 124 valence electrons. The number of hydrogen-bond donors (Lipinski definition) is 0. The average molecular weight is 324 g/mol. The lowest BCUT2D eigenvalue weighted by molar-refractivity contribution is 0.0637. The molecule has 1 aromatic carbocycles. The molecule has 2 heterocycles. The van der Waals surface area contributed by atoms with Crippen molar-refractivity contribution in [1.29, 1.82) is 0 Å². The normalized spacial score (nSPS) is 17.4. The maximum atomic E-state index is 12.7. The number of piperidine rings is 1. The molecule has 5 heteroatoms. The van der Waals surface area contributed by atoms with Crippen LogP contribution in [0.5, 0.6) is 5.75 Å². The highest BCUT2D eigenvalue weighted by atomic mass is 16.5. The number of carbonyl (C=O) groups excluding carboxylic acids is 2. The van der Waals surface area contributed by atoms with Crippen molar-refractivity contribution in [2.75, 3.05) is 20.2 Å². The second kappa shape index (κ2) is 7.25. The van der Waals surface area contributed by atoms with Crippen LogP contribution in [-0.4, -0.2) is 41.8 Å². The van der Waals surface area contributed by atoms with E-state index in [-0.39, 0.29) is 17.6 Å². The van der Waals surface area contributed by atoms with E-state index in [1.165, 1.54) is 0 Å². The summed E-state index contributed by atoms with van der Waals surface area (Å²) < 4.78 is 5.12. The summed E-state index contributed by atoms with van der Waals surface area (Å²) in [6.45, 7) is 1.15. The van der Waals surface area contributed by atoms with E-state index in [1.807, 2.05) is 0 Å². The van der Waals surface area contributed by atoms with Gasteiger partial charge in [-0.3, -0.25) is 14.6 Å². The number of pyridine rings is 1. The minimum atomic E-state index is -0.155. The van der Waals surface area contributed by atoms with Gasteiger partial charge in [0.25, 0.3) is 5.91 Å². The smallest absolute Gasteiger partial charge is 0.253 e. The van der Waals surface area contributed by atoms with Crippen molar-refractivity contribution in [3.05, 3.63) is 59.9 Å². The lowest BCUT2D eigenvalue weighted by Crippen LogP contribution is -2.42. The number of Topliss-reactive ketones (excluding diaryl/α,β-unsaturated/α-hetero) is 1. The molecular formula is C19H20N2O3. The van der Waals surface area contributed by atoms with Gasteiger partial charge in [-0.05, 0) is 49.2 Å². The molecule has 1 atom stereocenters. The van der Waals surface area contributed by atoms with Crippen LogP contribution >= 0.6 is 0 Å². The van der Waals surface area contributed by atoms with Crippen molar-refractivity contribution in [3.8, 4) is 5.75 Å². The van der Waals surface area contributed by atoms with Crippen LogP contribution in [0.1, 0.15) is 33.6 Å². The standard InChI is InChI=1S/C19H20N2O3/c1-24-17-6-4-14(5-7-17)18(22)16-3-2-12-21(13-16)19(23)15-8-10-20-11-9-15/h4-11,16H,2-3,12-13H2,1H3. The van der Waals surface area contributed by atoms with E-state index in [0.717, 1.165) is 18.6 Å². The predicted octanol–water partition coefficient (Wildman–Crippen LogP) is 2.83. The molecule has 0 bridgehead atoms. The fourth-order valence-electron chi connectivity index (χ4n) is 3.04. The molecule has 1 aliphatic heterocycles. The molecule has 0 saturated carbocycles. The minimum absolute atomic E-state index is 0.0374. The van der Waals surface area contributed by atoms with Gasteiger partial charge in [-0.15, -0.1) is 0 Å². The monoisotopic (exact) mass is 324 g/mol. The Labute approximate surface area is 141 Å². The zero-order valence-corrected chi connectivity index (χ0v) is 13.6. The number of ether oxygens (including phenoxy) is 1. The molecule has 0 aliphatic carbocycles. The summed E-state index contributed by atoms with van der Waals surface area (Å²) in [5, 5.41) is 0. The van der Waals surface area contributed by atoms with E-state index in [9.17, 15) is 9.59 Å². The molecule has 1 aliphatic rings. The van der Waals surface area contributed by atoms with Crippen molar-refractivity contribution in [2.45, 2.75) is 12.8 Å². The zero-order chi connectivity index (χ0) is 16.9. The third kappa shape index (κ3) is 3.45. The van der Waals surface area contributed by atoms with Crippen molar-refractivity contribution in [2.24, 2.45) is 5.92 Å². The largest absolute Gasteiger partial charge is 0.497 e. The Morgan fingerprint density at radius 2 is 1.79 bits per heavy atom. The Morgan fingerprint density at radius 3 is 2.46 bits per heavy atom. The first-order valence-corrected chi connectivity index (χ1v) is 8.06. The van der Waals surface area contributed by atoms with E-state index in [1.54, 1.807) is 60.8 Å². The van der Waals surface area contributed by atoms with Crippen LogP contribution in [0.3, 0.4) is 0 Å². The first-order chi connectivity index (χ1) is 11.7. The lowest BCUT2D eigenvalue weighted by Gasteiger charge is -2.32. The molecule has 1 fully saturated rings. The SMILES string of the molecule is COc1ccc(C(=O)C2CCCN(C(=O)c3ccncc3)C2)cc1. The number of methoxy groups -OCH3 is 1. The highest BCUT2D eigenvalue weighted by molar-refractivity contribution is 5.99. The first-order valence-electron chi connectivity index (χ1n) is 8.06. The van der Waals surface area contributed by atoms with Crippen molar-refractivity contribution in [1.82, 2.24) is 9.88 Å². The number of likely N-dealkylation sites (tertiary alicyclic amines) is 1. The van der Waals surface area contributed by atoms with E-state index < -0.39 is 0 Å². The fourth-order valence-corrected chi connectivity index (χ4v) is 3.04. The summed E-state index contributed by atoms with van der Waals surface area (Å²) in [6.07, 6.45) is 4.86. The third-order valence-electron chi connectivity index (χ3n) is 4.38. The molecule has 1 saturated heterocycles. The van der Waals surface area contributed by atoms with Crippen LogP contribution < -0.4 is 4.74 Å². The molecule has 0 radical (unpaired) electrons. The van der Waals surface area contributed by atoms with Crippen LogP contribution in [0.4, 0.5) is 0 Å². The molecule has 1 aromatic heterocycles. The molecule has 2 aromatic rings. The molecule has 1 amide bonds. The second-order valence-electron chi connectivity index (χ2n) is 5.92. The highest BCUT2D eigenvalue weighted by Crippen LogP contribution is 2.23. The zero-order valence-electron chi connectivity index (χ0n) is 13.6. The van der Waals surface area contributed by atoms with Crippen LogP contribution in [0, 0.1) is 5.92 Å². The summed E-state index contributed by atoms with van der Waals surface area (Å²) in [5.41, 5.74) is 1.28. The molecule has 3 rings (SSSR count). The number of amides is 1. The summed E-state index contributed by atoms with van der Waals surface area (Å²) >= 11 is 0. The van der Waals surface area contributed by atoms with Crippen LogP contribution in [0.2, 0.25) is 0 Å². The number of nitrogens with zero attached hydrogens (tertiary/aromatic N) is 2. The van der Waals surface area contributed by atoms with Gasteiger partial charge in [0.15, 0.2) is 5.78 Å². The Hall–Kier alpha value is -2.69. The summed E-state index contributed by atoms with van der Waals surface area (Å²) in [4.78, 5) is 31.0. The predicted molar refractivity (Wildman–Crippen MR) is 90.2 cm³/mol. The van der Waals surface area contributed by atoms with E-state index in [4.69, 9.17) is 4.74 Å². The number of rotatable bonds is 4. The number of ketones is 1. The van der Waals surface area contributed by atoms with E-state index >= 15 is 0 Å². The van der Waals surface area contributed by atoms with E-state index in [0.29, 0.717) is 24.2 Å². The molecule has 0 N–H and O–H groups in total. The van der Waals surface area contributed by atoms with Crippen molar-refractivity contribution < 1.29 is 14.3 Å². The highest BCUT2D eigenvalue weighted by Gasteiger charge is 2.29. The number of benzene rings is 1. The van der Waals surface area contributed by atoms with Gasteiger partial charge < -0.3 is 9.64 Å². The molecular weight excluding hydrogens is 304 g/mol. The third-order valence-corrected chi connectivity index (χ3v) is 4.38. The lowest BCUT2D eigenvalue weighted by atomic mass is 9.89. The number of aromatic nitrogens is 1. The molecule has 0 spiro atoms. The minimum Gasteiger partial charge on any atom is -0.497 e. The summed E-state index contributed by atoms with van der Waals surface area (Å²) in [5.74, 6) is 0.622. The van der Waals surface area contributed by atoms with Gasteiger partial charge in [-0.25, -0.2) is 0 Å². The van der Waals surface area contributed by atoms with Crippen LogP contribution in [0.15, 0.2) is 48.8 Å². The summed E-state index contributed by atoms with van der Waals surface area (Å²) in [6, 6.07) is 10.6. The first kappa shape index (κ1) is 16.2. The van der Waals surface area contributed by atoms with E-state index in [2.05, 4.69) is 4.98 Å². The topological polar surface area (TPSA) is 59.5 Å². The maximum Gasteiger partial charge on any atom is 0.253 e. The molecule has 1 unspecified atom stereocenters. The number of carbonyl (C=O) groups is 2. The second-order valence-corrected chi connectivity index (χ2v) is 5.92. The average Bonchev–Trinajstić information content (AvgIpc) is 2.67.